The van der Waals surface area contributed by atoms with E-state index in [4.69, 9.17) is 0 Å². The molecule has 0 radical (unpaired) electrons. The lowest BCUT2D eigenvalue weighted by Crippen LogP contribution is -2.03. The lowest BCUT2D eigenvalue weighted by Gasteiger charge is -1.92. The molecule has 3 heteroatoms. The quantitative estimate of drug-likeness (QED) is 0.372. The maximum absolute atomic E-state index is 10.8. The number of cyclic esters (lactones) is 2. The monoisotopic (exact) mass is 182 g/mol. The average Bonchev–Trinajstić information content (AvgIpc) is 2.45. The number of hydrogen-bond donors (Lipinski definition) is 0. The minimum Gasteiger partial charge on any atom is -0.393 e. The van der Waals surface area contributed by atoms with Gasteiger partial charge in [-0.2, -0.15) is 0 Å². The molecule has 0 aromatic carbocycles. The Hall–Kier alpha value is -1.38. The standard InChI is InChI=1S/C8H10O3.C2H4/c1-2-3-4-6-5-7(9)11-8(6)10;1-2/h3-4,6H,2,5H2,1H3;1-2H2. The lowest BCUT2D eigenvalue weighted by molar-refractivity contribution is -0.152. The van der Waals surface area contributed by atoms with E-state index in [1.807, 2.05) is 13.0 Å². The number of ether oxygens (including phenoxy) is 1. The van der Waals surface area contributed by atoms with Gasteiger partial charge in [0.25, 0.3) is 0 Å². The Morgan fingerprint density at radius 2 is 2.15 bits per heavy atom. The van der Waals surface area contributed by atoms with E-state index in [-0.39, 0.29) is 12.3 Å². The zero-order valence-electron chi connectivity index (χ0n) is 7.79. The van der Waals surface area contributed by atoms with Gasteiger partial charge in [-0.05, 0) is 6.42 Å². The van der Waals surface area contributed by atoms with Crippen molar-refractivity contribution >= 4 is 11.9 Å². The van der Waals surface area contributed by atoms with Gasteiger partial charge < -0.3 is 4.74 Å². The molecule has 0 bridgehead atoms. The SMILES string of the molecule is C=C.CCC=CC1CC(=O)OC1=O. The molecule has 1 atom stereocenters. The smallest absolute Gasteiger partial charge is 0.321 e. The Bertz CT molecular complexity index is 218. The molecule has 0 saturated carbocycles. The van der Waals surface area contributed by atoms with Gasteiger partial charge in [-0.15, -0.1) is 13.2 Å². The summed E-state index contributed by atoms with van der Waals surface area (Å²) in [4.78, 5) is 21.3. The summed E-state index contributed by atoms with van der Waals surface area (Å²) in [5.74, 6) is -1.16. The van der Waals surface area contributed by atoms with Crippen LogP contribution in [-0.2, 0) is 14.3 Å². The van der Waals surface area contributed by atoms with Gasteiger partial charge in [0.1, 0.15) is 0 Å². The summed E-state index contributed by atoms with van der Waals surface area (Å²) in [6, 6.07) is 0. The summed E-state index contributed by atoms with van der Waals surface area (Å²) in [7, 11) is 0. The summed E-state index contributed by atoms with van der Waals surface area (Å²) >= 11 is 0. The van der Waals surface area contributed by atoms with Gasteiger partial charge in [0.05, 0.1) is 12.3 Å². The van der Waals surface area contributed by atoms with Crippen molar-refractivity contribution in [3.63, 3.8) is 0 Å². The third-order valence-electron chi connectivity index (χ3n) is 1.51. The van der Waals surface area contributed by atoms with Crippen molar-refractivity contribution < 1.29 is 14.3 Å². The zero-order chi connectivity index (χ0) is 10.3. The maximum Gasteiger partial charge on any atom is 0.321 e. The molecule has 0 aliphatic carbocycles. The third kappa shape index (κ3) is 3.69. The van der Waals surface area contributed by atoms with E-state index < -0.39 is 11.9 Å². The van der Waals surface area contributed by atoms with Crippen LogP contribution >= 0.6 is 0 Å². The highest BCUT2D eigenvalue weighted by Crippen LogP contribution is 2.16. The van der Waals surface area contributed by atoms with Gasteiger partial charge >= 0.3 is 11.9 Å². The predicted molar refractivity (Wildman–Crippen MR) is 49.9 cm³/mol. The van der Waals surface area contributed by atoms with Crippen LogP contribution in [0.25, 0.3) is 0 Å². The van der Waals surface area contributed by atoms with E-state index in [0.29, 0.717) is 0 Å². The molecule has 1 fully saturated rings. The van der Waals surface area contributed by atoms with Crippen molar-refractivity contribution in [2.45, 2.75) is 19.8 Å². The predicted octanol–water partition coefficient (Wildman–Crippen LogP) is 1.84. The average molecular weight is 182 g/mol. The summed E-state index contributed by atoms with van der Waals surface area (Å²) in [5.41, 5.74) is 0. The van der Waals surface area contributed by atoms with Crippen LogP contribution in [0.15, 0.2) is 25.3 Å². The van der Waals surface area contributed by atoms with Crippen LogP contribution in [0, 0.1) is 5.92 Å². The van der Waals surface area contributed by atoms with E-state index in [2.05, 4.69) is 17.9 Å². The second-order valence-electron chi connectivity index (χ2n) is 2.44. The first-order valence-corrected chi connectivity index (χ1v) is 4.15. The molecule has 1 unspecified atom stereocenters. The molecule has 1 aliphatic heterocycles. The van der Waals surface area contributed by atoms with E-state index in [1.54, 1.807) is 6.08 Å². The fraction of sp³-hybridized carbons (Fsp3) is 0.400. The summed E-state index contributed by atoms with van der Waals surface area (Å²) < 4.78 is 4.34. The van der Waals surface area contributed by atoms with Crippen LogP contribution in [-0.4, -0.2) is 11.9 Å². The fourth-order valence-electron chi connectivity index (χ4n) is 0.939. The van der Waals surface area contributed by atoms with E-state index in [1.165, 1.54) is 0 Å². The van der Waals surface area contributed by atoms with Crippen LogP contribution in [0.1, 0.15) is 19.8 Å². The molecular formula is C10H14O3. The molecule has 72 valence electrons. The first-order valence-electron chi connectivity index (χ1n) is 4.15. The first kappa shape index (κ1) is 11.6. The molecule has 0 amide bonds. The van der Waals surface area contributed by atoms with Crippen molar-refractivity contribution in [1.82, 2.24) is 0 Å². The topological polar surface area (TPSA) is 43.4 Å². The van der Waals surface area contributed by atoms with Crippen LogP contribution in [0.2, 0.25) is 0 Å². The highest BCUT2D eigenvalue weighted by Gasteiger charge is 2.30. The third-order valence-corrected chi connectivity index (χ3v) is 1.51. The minimum atomic E-state index is -0.417. The van der Waals surface area contributed by atoms with Crippen LogP contribution in [0.5, 0.6) is 0 Å². The fourth-order valence-corrected chi connectivity index (χ4v) is 0.939. The van der Waals surface area contributed by atoms with Crippen molar-refractivity contribution in [1.29, 1.82) is 0 Å². The molecule has 3 nitrogen and oxygen atoms in total. The molecule has 1 aliphatic rings. The van der Waals surface area contributed by atoms with Crippen molar-refractivity contribution in [3.05, 3.63) is 25.3 Å². The Morgan fingerprint density at radius 1 is 1.54 bits per heavy atom. The summed E-state index contributed by atoms with van der Waals surface area (Å²) in [5, 5.41) is 0. The molecule has 1 saturated heterocycles. The van der Waals surface area contributed by atoms with Gasteiger partial charge in [-0.3, -0.25) is 9.59 Å². The number of carbonyl (C=O) groups is 2. The second kappa shape index (κ2) is 6.17. The first-order chi connectivity index (χ1) is 6.24. The second-order valence-corrected chi connectivity index (χ2v) is 2.44. The van der Waals surface area contributed by atoms with Crippen LogP contribution < -0.4 is 0 Å². The summed E-state index contributed by atoms with van der Waals surface area (Å²) in [6.45, 7) is 7.97. The molecular weight excluding hydrogens is 168 g/mol. The summed E-state index contributed by atoms with van der Waals surface area (Å²) in [6.07, 6.45) is 4.67. The molecule has 0 aromatic rings. The highest BCUT2D eigenvalue weighted by atomic mass is 16.6. The van der Waals surface area contributed by atoms with Crippen molar-refractivity contribution in [3.8, 4) is 0 Å². The maximum atomic E-state index is 10.8. The highest BCUT2D eigenvalue weighted by molar-refractivity contribution is 5.95. The van der Waals surface area contributed by atoms with E-state index in [9.17, 15) is 9.59 Å². The Labute approximate surface area is 78.1 Å². The molecule has 1 heterocycles. The number of carbonyl (C=O) groups excluding carboxylic acids is 2. The largest absolute Gasteiger partial charge is 0.393 e. The minimum absolute atomic E-state index is 0.204. The van der Waals surface area contributed by atoms with Crippen LogP contribution in [0.3, 0.4) is 0 Å². The molecule has 13 heavy (non-hydrogen) atoms. The molecule has 0 spiro atoms. The normalized spacial score (nSPS) is 21.2. The number of hydrogen-bond acceptors (Lipinski definition) is 3. The number of esters is 2. The Kier molecular flexibility index (Phi) is 5.52. The molecule has 0 N–H and O–H groups in total. The van der Waals surface area contributed by atoms with Gasteiger partial charge in [0.2, 0.25) is 0 Å². The van der Waals surface area contributed by atoms with Crippen molar-refractivity contribution in [2.24, 2.45) is 5.92 Å². The number of allylic oxidation sites excluding steroid dienone is 1. The van der Waals surface area contributed by atoms with Crippen LogP contribution in [0.4, 0.5) is 0 Å². The zero-order valence-corrected chi connectivity index (χ0v) is 7.79. The Balaban J connectivity index is 0.000000671. The van der Waals surface area contributed by atoms with E-state index >= 15 is 0 Å². The van der Waals surface area contributed by atoms with Gasteiger partial charge in [0.15, 0.2) is 0 Å². The van der Waals surface area contributed by atoms with Gasteiger partial charge in [-0.1, -0.05) is 19.1 Å². The van der Waals surface area contributed by atoms with Gasteiger partial charge in [-0.25, -0.2) is 0 Å². The number of rotatable bonds is 2. The van der Waals surface area contributed by atoms with Gasteiger partial charge in [0, 0.05) is 0 Å². The van der Waals surface area contributed by atoms with E-state index in [0.717, 1.165) is 6.42 Å². The van der Waals surface area contributed by atoms with Crippen molar-refractivity contribution in [2.75, 3.05) is 0 Å². The molecule has 1 rings (SSSR count). The Morgan fingerprint density at radius 3 is 2.54 bits per heavy atom. The molecule has 0 aromatic heterocycles. The lowest BCUT2D eigenvalue weighted by atomic mass is 10.1.